The van der Waals surface area contributed by atoms with E-state index in [0.717, 1.165) is 5.56 Å². The predicted octanol–water partition coefficient (Wildman–Crippen LogP) is 4.47. The molecule has 0 heterocycles. The van der Waals surface area contributed by atoms with E-state index < -0.39 is 11.9 Å². The van der Waals surface area contributed by atoms with Crippen LogP contribution in [0.15, 0.2) is 78.9 Å². The molecule has 33 heavy (non-hydrogen) atoms. The number of halogens is 1. The number of carbonyl (C=O) groups is 3. The van der Waals surface area contributed by atoms with Crippen LogP contribution in [0.25, 0.3) is 0 Å². The van der Waals surface area contributed by atoms with E-state index in [1.54, 1.807) is 61.6 Å². The molecule has 0 radical (unpaired) electrons. The zero-order chi connectivity index (χ0) is 23.8. The maximum absolute atomic E-state index is 13.0. The van der Waals surface area contributed by atoms with Crippen LogP contribution >= 0.6 is 11.6 Å². The molecule has 0 bridgehead atoms. The maximum Gasteiger partial charge on any atom is 0.319 e. The smallest absolute Gasteiger partial charge is 0.319 e. The lowest BCUT2D eigenvalue weighted by Crippen LogP contribution is -2.46. The summed E-state index contributed by atoms with van der Waals surface area (Å²) in [6, 6.07) is 22.6. The monoisotopic (exact) mass is 464 g/mol. The van der Waals surface area contributed by atoms with Gasteiger partial charge in [-0.05, 0) is 55.0 Å². The summed E-state index contributed by atoms with van der Waals surface area (Å²) in [5, 5.41) is 5.76. The summed E-state index contributed by atoms with van der Waals surface area (Å²) in [6.45, 7) is 1.44. The van der Waals surface area contributed by atoms with Crippen molar-refractivity contribution in [2.75, 3.05) is 35.3 Å². The molecule has 0 aliphatic heterocycles. The van der Waals surface area contributed by atoms with Gasteiger partial charge in [0, 0.05) is 29.1 Å². The Morgan fingerprint density at radius 2 is 1.55 bits per heavy atom. The number of aryl methyl sites for hydroxylation is 1. The SMILES string of the molecule is Cc1cccc(NC(=O)NCC(=O)N(CC(=O)N(C)c2cccc(Cl)c2)c2ccccc2)c1. The largest absolute Gasteiger partial charge is 0.329 e. The number of nitrogens with one attached hydrogen (secondary N) is 2. The highest BCUT2D eigenvalue weighted by Crippen LogP contribution is 2.20. The van der Waals surface area contributed by atoms with E-state index in [1.165, 1.54) is 9.80 Å². The molecule has 3 rings (SSSR count). The minimum absolute atomic E-state index is 0.201. The highest BCUT2D eigenvalue weighted by Gasteiger charge is 2.22. The quantitative estimate of drug-likeness (QED) is 0.541. The van der Waals surface area contributed by atoms with Crippen molar-refractivity contribution in [1.29, 1.82) is 0 Å². The third-order valence-electron chi connectivity index (χ3n) is 4.91. The van der Waals surface area contributed by atoms with Crippen LogP contribution < -0.4 is 20.4 Å². The predicted molar refractivity (Wildman–Crippen MR) is 132 cm³/mol. The second-order valence-corrected chi connectivity index (χ2v) is 7.86. The number of anilines is 3. The molecule has 0 aliphatic rings. The number of hydrogen-bond donors (Lipinski definition) is 2. The number of carbonyl (C=O) groups excluding carboxylic acids is 3. The highest BCUT2D eigenvalue weighted by atomic mass is 35.5. The van der Waals surface area contributed by atoms with Crippen LogP contribution in [0.1, 0.15) is 5.56 Å². The molecule has 170 valence electrons. The van der Waals surface area contributed by atoms with Crippen molar-refractivity contribution < 1.29 is 14.4 Å². The Kier molecular flexibility index (Phi) is 8.05. The van der Waals surface area contributed by atoms with Crippen molar-refractivity contribution in [2.45, 2.75) is 6.92 Å². The van der Waals surface area contributed by atoms with Crippen LogP contribution in [0.5, 0.6) is 0 Å². The molecule has 3 aromatic carbocycles. The second kappa shape index (κ2) is 11.2. The molecule has 0 atom stereocenters. The third-order valence-corrected chi connectivity index (χ3v) is 5.14. The molecule has 0 saturated heterocycles. The van der Waals surface area contributed by atoms with Gasteiger partial charge < -0.3 is 20.4 Å². The van der Waals surface area contributed by atoms with Gasteiger partial charge in [-0.15, -0.1) is 0 Å². The molecule has 2 N–H and O–H groups in total. The Morgan fingerprint density at radius 1 is 0.848 bits per heavy atom. The first-order chi connectivity index (χ1) is 15.8. The molecule has 3 aromatic rings. The number of rotatable bonds is 7. The molecule has 0 fully saturated rings. The van der Waals surface area contributed by atoms with Crippen molar-refractivity contribution in [2.24, 2.45) is 0 Å². The Morgan fingerprint density at radius 3 is 2.24 bits per heavy atom. The van der Waals surface area contributed by atoms with Gasteiger partial charge in [0.15, 0.2) is 0 Å². The average molecular weight is 465 g/mol. The molecule has 8 heteroatoms. The minimum atomic E-state index is -0.510. The van der Waals surface area contributed by atoms with Crippen molar-refractivity contribution in [3.63, 3.8) is 0 Å². The topological polar surface area (TPSA) is 81.8 Å². The van der Waals surface area contributed by atoms with Crippen molar-refractivity contribution in [3.05, 3.63) is 89.4 Å². The zero-order valence-electron chi connectivity index (χ0n) is 18.4. The van der Waals surface area contributed by atoms with Crippen molar-refractivity contribution in [1.82, 2.24) is 5.32 Å². The molecule has 0 aromatic heterocycles. The number of nitrogens with zero attached hydrogens (tertiary/aromatic N) is 2. The van der Waals surface area contributed by atoms with E-state index in [0.29, 0.717) is 22.1 Å². The number of urea groups is 1. The highest BCUT2D eigenvalue weighted by molar-refractivity contribution is 6.31. The van der Waals surface area contributed by atoms with Crippen LogP contribution in [0.2, 0.25) is 5.02 Å². The molecule has 0 aliphatic carbocycles. The van der Waals surface area contributed by atoms with E-state index in [2.05, 4.69) is 10.6 Å². The number of likely N-dealkylation sites (N-methyl/N-ethyl adjacent to an activating group) is 1. The van der Waals surface area contributed by atoms with E-state index >= 15 is 0 Å². The first kappa shape index (κ1) is 23.8. The fourth-order valence-electron chi connectivity index (χ4n) is 3.15. The summed E-state index contributed by atoms with van der Waals surface area (Å²) >= 11 is 6.03. The van der Waals surface area contributed by atoms with Gasteiger partial charge in [0.1, 0.15) is 6.54 Å². The van der Waals surface area contributed by atoms with Gasteiger partial charge in [-0.2, -0.15) is 0 Å². The Balaban J connectivity index is 1.68. The molecule has 4 amide bonds. The fourth-order valence-corrected chi connectivity index (χ4v) is 3.34. The first-order valence-corrected chi connectivity index (χ1v) is 10.7. The lowest BCUT2D eigenvalue weighted by molar-refractivity contribution is -0.121. The minimum Gasteiger partial charge on any atom is -0.329 e. The van der Waals surface area contributed by atoms with Crippen LogP contribution in [-0.2, 0) is 9.59 Å². The Hall–Kier alpha value is -3.84. The summed E-state index contributed by atoms with van der Waals surface area (Å²) < 4.78 is 0. The number of benzene rings is 3. The molecule has 0 saturated carbocycles. The van der Waals surface area contributed by atoms with E-state index in [4.69, 9.17) is 11.6 Å². The standard InChI is InChI=1S/C25H25ClN4O3/c1-18-8-6-10-20(14-18)28-25(33)27-16-23(31)30(21-11-4-3-5-12-21)17-24(32)29(2)22-13-7-9-19(26)15-22/h3-15H,16-17H2,1-2H3,(H2,27,28,33). The van der Waals surface area contributed by atoms with Crippen LogP contribution in [-0.4, -0.2) is 38.0 Å². The average Bonchev–Trinajstić information content (AvgIpc) is 2.81. The first-order valence-electron chi connectivity index (χ1n) is 10.3. The van der Waals surface area contributed by atoms with Gasteiger partial charge in [0.2, 0.25) is 11.8 Å². The lowest BCUT2D eigenvalue weighted by Gasteiger charge is -2.26. The van der Waals surface area contributed by atoms with E-state index in [-0.39, 0.29) is 19.0 Å². The number of hydrogen-bond acceptors (Lipinski definition) is 3. The lowest BCUT2D eigenvalue weighted by atomic mass is 10.2. The van der Waals surface area contributed by atoms with Gasteiger partial charge in [-0.25, -0.2) is 4.79 Å². The van der Waals surface area contributed by atoms with Gasteiger partial charge in [0.05, 0.1) is 6.54 Å². The van der Waals surface area contributed by atoms with Gasteiger partial charge in [0.25, 0.3) is 0 Å². The molecule has 0 unspecified atom stereocenters. The number of amides is 4. The summed E-state index contributed by atoms with van der Waals surface area (Å²) in [6.07, 6.45) is 0. The Bertz CT molecular complexity index is 1140. The zero-order valence-corrected chi connectivity index (χ0v) is 19.2. The summed E-state index contributed by atoms with van der Waals surface area (Å²) in [4.78, 5) is 41.0. The second-order valence-electron chi connectivity index (χ2n) is 7.43. The fraction of sp³-hybridized carbons (Fsp3) is 0.160. The van der Waals surface area contributed by atoms with Crippen molar-refractivity contribution in [3.8, 4) is 0 Å². The molecule has 0 spiro atoms. The van der Waals surface area contributed by atoms with Gasteiger partial charge >= 0.3 is 6.03 Å². The number of para-hydroxylation sites is 1. The Labute approximate surface area is 198 Å². The summed E-state index contributed by atoms with van der Waals surface area (Å²) in [5.74, 6) is -0.730. The van der Waals surface area contributed by atoms with Crippen LogP contribution in [0, 0.1) is 6.92 Å². The van der Waals surface area contributed by atoms with E-state index in [9.17, 15) is 14.4 Å². The van der Waals surface area contributed by atoms with Crippen molar-refractivity contribution >= 4 is 46.5 Å². The normalized spacial score (nSPS) is 10.3. The summed E-state index contributed by atoms with van der Waals surface area (Å²) in [5.41, 5.74) is 2.79. The maximum atomic E-state index is 13.0. The molecular formula is C25H25ClN4O3. The van der Waals surface area contributed by atoms with Crippen LogP contribution in [0.3, 0.4) is 0 Å². The third kappa shape index (κ3) is 6.82. The van der Waals surface area contributed by atoms with Gasteiger partial charge in [-0.3, -0.25) is 9.59 Å². The molecular weight excluding hydrogens is 440 g/mol. The molecule has 7 nitrogen and oxygen atoms in total. The van der Waals surface area contributed by atoms with E-state index in [1.807, 2.05) is 31.2 Å². The summed E-state index contributed by atoms with van der Waals surface area (Å²) in [7, 11) is 1.62. The van der Waals surface area contributed by atoms with Crippen LogP contribution in [0.4, 0.5) is 21.9 Å². The van der Waals surface area contributed by atoms with Gasteiger partial charge in [-0.1, -0.05) is 48.0 Å².